The molecule has 7 heteroatoms. The number of fused-ring (bicyclic) bond motifs is 5. The number of halogens is 1. The third-order valence-corrected chi connectivity index (χ3v) is 10.2. The third kappa shape index (κ3) is 3.93. The van der Waals surface area contributed by atoms with Gasteiger partial charge in [0.15, 0.2) is 7.11 Å². The molecule has 7 atom stereocenters. The Labute approximate surface area is 217 Å². The maximum Gasteiger partial charge on any atom is 0.338 e. The van der Waals surface area contributed by atoms with E-state index in [1.807, 2.05) is 0 Å². The van der Waals surface area contributed by atoms with Gasteiger partial charge < -0.3 is 4.74 Å². The Morgan fingerprint density at radius 3 is 2.39 bits per heavy atom. The summed E-state index contributed by atoms with van der Waals surface area (Å²) in [5.41, 5.74) is 1.78. The summed E-state index contributed by atoms with van der Waals surface area (Å²) in [4.78, 5) is 41.8. The highest BCUT2D eigenvalue weighted by Crippen LogP contribution is 2.66. The number of carbonyl (C=O) groups excluding carboxylic acids is 2. The second kappa shape index (κ2) is 9.13. The zero-order valence-electron chi connectivity index (χ0n) is 21.5. The van der Waals surface area contributed by atoms with Gasteiger partial charge in [0, 0.05) is 23.1 Å². The molecule has 192 valence electrons. The van der Waals surface area contributed by atoms with E-state index in [9.17, 15) is 14.5 Å². The SMILES string of the molecule is CO[N+](=O)c1ccc(C(=O)O[C@H]2C=C3C(Cl)=CC4C(CCC5(C)C(C(C)=O)CCC45)C3(C)CC2)cc1. The lowest BCUT2D eigenvalue weighted by molar-refractivity contribution is -0.736. The molecule has 4 aliphatic carbocycles. The molecule has 0 heterocycles. The second-order valence-corrected chi connectivity index (χ2v) is 12.0. The van der Waals surface area contributed by atoms with Gasteiger partial charge in [0.1, 0.15) is 11.9 Å². The largest absolute Gasteiger partial charge is 0.455 e. The van der Waals surface area contributed by atoms with E-state index in [0.717, 1.165) is 49.1 Å². The first-order valence-electron chi connectivity index (χ1n) is 13.0. The van der Waals surface area contributed by atoms with Gasteiger partial charge in [0.2, 0.25) is 0 Å². The van der Waals surface area contributed by atoms with Crippen LogP contribution < -0.4 is 0 Å². The molecule has 36 heavy (non-hydrogen) atoms. The Kier molecular flexibility index (Phi) is 6.39. The van der Waals surface area contributed by atoms with Crippen LogP contribution in [0.3, 0.4) is 0 Å². The van der Waals surface area contributed by atoms with Crippen LogP contribution in [0.4, 0.5) is 5.69 Å². The number of nitrogens with zero attached hydrogens (tertiary/aromatic N) is 1. The summed E-state index contributed by atoms with van der Waals surface area (Å²) >= 11 is 6.95. The summed E-state index contributed by atoms with van der Waals surface area (Å²) in [7, 11) is 1.29. The van der Waals surface area contributed by atoms with Crippen molar-refractivity contribution in [3.63, 3.8) is 0 Å². The Morgan fingerprint density at radius 2 is 1.72 bits per heavy atom. The predicted molar refractivity (Wildman–Crippen MR) is 137 cm³/mol. The van der Waals surface area contributed by atoms with Crippen LogP contribution in [-0.4, -0.2) is 29.9 Å². The number of hydrogen-bond donors (Lipinski definition) is 0. The highest BCUT2D eigenvalue weighted by molar-refractivity contribution is 6.32. The van der Waals surface area contributed by atoms with E-state index in [1.165, 1.54) is 19.2 Å². The molecule has 2 fully saturated rings. The van der Waals surface area contributed by atoms with Crippen molar-refractivity contribution in [2.75, 3.05) is 7.11 Å². The average Bonchev–Trinajstić information content (AvgIpc) is 3.22. The quantitative estimate of drug-likeness (QED) is 0.324. The minimum atomic E-state index is -0.426. The monoisotopic (exact) mass is 512 g/mol. The van der Waals surface area contributed by atoms with Gasteiger partial charge in [-0.05, 0) is 97.8 Å². The highest BCUT2D eigenvalue weighted by Gasteiger charge is 2.59. The summed E-state index contributed by atoms with van der Waals surface area (Å²) < 4.78 is 5.85. The fraction of sp³-hybridized carbons (Fsp3) is 0.586. The Balaban J connectivity index is 1.36. The summed E-state index contributed by atoms with van der Waals surface area (Å²) in [6, 6.07) is 6.19. The number of hydrogen-bond acceptors (Lipinski definition) is 5. The molecule has 0 spiro atoms. The van der Waals surface area contributed by atoms with E-state index in [-0.39, 0.29) is 22.9 Å². The van der Waals surface area contributed by atoms with Crippen molar-refractivity contribution in [1.29, 1.82) is 0 Å². The second-order valence-electron chi connectivity index (χ2n) is 11.6. The van der Waals surface area contributed by atoms with Gasteiger partial charge in [-0.2, -0.15) is 0 Å². The van der Waals surface area contributed by atoms with Gasteiger partial charge in [-0.25, -0.2) is 9.63 Å². The van der Waals surface area contributed by atoms with Gasteiger partial charge in [0.05, 0.1) is 10.5 Å². The maximum absolute atomic E-state index is 12.8. The van der Waals surface area contributed by atoms with Crippen LogP contribution in [0, 0.1) is 39.4 Å². The molecule has 1 aromatic rings. The van der Waals surface area contributed by atoms with E-state index in [2.05, 4.69) is 30.8 Å². The summed E-state index contributed by atoms with van der Waals surface area (Å²) in [6.07, 6.45) is 9.84. The van der Waals surface area contributed by atoms with Gasteiger partial charge in [-0.15, -0.1) is 0 Å². The minimum Gasteiger partial charge on any atom is -0.455 e. The lowest BCUT2D eigenvalue weighted by atomic mass is 9.48. The predicted octanol–water partition coefficient (Wildman–Crippen LogP) is 6.69. The smallest absolute Gasteiger partial charge is 0.338 e. The van der Waals surface area contributed by atoms with Crippen LogP contribution in [0.2, 0.25) is 0 Å². The molecule has 1 aromatic carbocycles. The van der Waals surface area contributed by atoms with E-state index < -0.39 is 5.97 Å². The number of esters is 1. The van der Waals surface area contributed by atoms with Crippen LogP contribution in [0.25, 0.3) is 0 Å². The van der Waals surface area contributed by atoms with Crippen molar-refractivity contribution in [1.82, 2.24) is 0 Å². The van der Waals surface area contributed by atoms with E-state index in [4.69, 9.17) is 16.3 Å². The van der Waals surface area contributed by atoms with Crippen molar-refractivity contribution in [3.8, 4) is 0 Å². The standard InChI is InChI=1S/C29H35ClNO5/c1-17(32)22-9-10-23-21-16-26(30)25-15-20(11-13-29(25,3)24(21)12-14-28(22,23)2)36-27(33)18-5-7-19(8-6-18)31(34)35-4/h5-8,15-16,20-24H,9-14H2,1-4H3/q+1/t20-,21?,22?,23?,24?,28?,29?/m1/s1. The number of benzene rings is 1. The summed E-state index contributed by atoms with van der Waals surface area (Å²) in [6.45, 7) is 6.41. The lowest BCUT2D eigenvalue weighted by Gasteiger charge is -2.56. The maximum atomic E-state index is 12.8. The van der Waals surface area contributed by atoms with Crippen molar-refractivity contribution in [3.05, 3.63) is 57.5 Å². The first-order chi connectivity index (χ1) is 17.1. The fourth-order valence-electron chi connectivity index (χ4n) is 7.99. The first kappa shape index (κ1) is 25.2. The molecule has 0 bridgehead atoms. The van der Waals surface area contributed by atoms with Gasteiger partial charge in [-0.1, -0.05) is 31.5 Å². The van der Waals surface area contributed by atoms with Gasteiger partial charge in [0.25, 0.3) is 4.92 Å². The first-order valence-corrected chi connectivity index (χ1v) is 13.4. The van der Waals surface area contributed by atoms with Crippen LogP contribution in [-0.2, 0) is 14.4 Å². The van der Waals surface area contributed by atoms with Crippen molar-refractivity contribution >= 4 is 29.0 Å². The molecule has 5 rings (SSSR count). The van der Waals surface area contributed by atoms with Crippen LogP contribution >= 0.6 is 11.6 Å². The fourth-order valence-corrected chi connectivity index (χ4v) is 8.42. The summed E-state index contributed by atoms with van der Waals surface area (Å²) in [5.74, 6) is 1.42. The third-order valence-electron chi connectivity index (χ3n) is 9.89. The van der Waals surface area contributed by atoms with Gasteiger partial charge in [-0.3, -0.25) is 4.79 Å². The van der Waals surface area contributed by atoms with E-state index >= 15 is 0 Å². The van der Waals surface area contributed by atoms with Crippen LogP contribution in [0.1, 0.15) is 69.7 Å². The number of carbonyl (C=O) groups is 2. The molecule has 6 unspecified atom stereocenters. The molecule has 6 nitrogen and oxygen atoms in total. The normalized spacial score (nSPS) is 37.0. The van der Waals surface area contributed by atoms with Crippen molar-refractivity contribution in [2.24, 2.45) is 34.5 Å². The van der Waals surface area contributed by atoms with Gasteiger partial charge >= 0.3 is 11.7 Å². The molecular weight excluding hydrogens is 478 g/mol. The topological polar surface area (TPSA) is 72.7 Å². The molecule has 4 aliphatic rings. The zero-order chi connectivity index (χ0) is 25.8. The number of Topliss-reactive ketones (excluding diaryl/α,β-unsaturated/α-hetero) is 1. The lowest BCUT2D eigenvalue weighted by Crippen LogP contribution is -2.50. The van der Waals surface area contributed by atoms with Crippen molar-refractivity contribution < 1.29 is 24.1 Å². The number of ketones is 1. The summed E-state index contributed by atoms with van der Waals surface area (Å²) in [5, 5.41) is 0.773. The van der Waals surface area contributed by atoms with E-state index in [0.29, 0.717) is 39.7 Å². The Morgan fingerprint density at radius 1 is 1.00 bits per heavy atom. The van der Waals surface area contributed by atoms with Crippen LogP contribution in [0.5, 0.6) is 0 Å². The minimum absolute atomic E-state index is 0.0611. The average molecular weight is 513 g/mol. The molecule has 0 N–H and O–H groups in total. The number of rotatable bonds is 5. The Bertz CT molecular complexity index is 1160. The van der Waals surface area contributed by atoms with Crippen molar-refractivity contribution in [2.45, 2.75) is 65.4 Å². The molecule has 0 amide bonds. The zero-order valence-corrected chi connectivity index (χ0v) is 22.2. The Hall–Kier alpha value is -2.47. The molecule has 0 saturated heterocycles. The molecule has 0 aliphatic heterocycles. The molecule has 2 saturated carbocycles. The molecule has 0 radical (unpaired) electrons. The van der Waals surface area contributed by atoms with Crippen LogP contribution in [0.15, 0.2) is 47.0 Å². The highest BCUT2D eigenvalue weighted by atomic mass is 35.5. The molecular formula is C29H35ClNO5+. The number of ether oxygens (including phenoxy) is 1. The van der Waals surface area contributed by atoms with E-state index in [1.54, 1.807) is 19.1 Å². The molecule has 0 aromatic heterocycles. The number of allylic oxidation sites excluding steroid dienone is 3.